The summed E-state index contributed by atoms with van der Waals surface area (Å²) in [7, 11) is 1.96. The highest BCUT2D eigenvalue weighted by Crippen LogP contribution is 2.33. The number of likely N-dealkylation sites (N-methyl/N-ethyl adjacent to an activating group) is 1. The van der Waals surface area contributed by atoms with E-state index in [0.29, 0.717) is 25.0 Å². The normalized spacial score (nSPS) is 22.3. The van der Waals surface area contributed by atoms with Gasteiger partial charge in [0.1, 0.15) is 5.82 Å². The molecule has 1 amide bonds. The quantitative estimate of drug-likeness (QED) is 0.887. The number of nitrogens with two attached hydrogens (primary N) is 1. The second-order valence-electron chi connectivity index (χ2n) is 6.63. The van der Waals surface area contributed by atoms with Crippen LogP contribution in [0.5, 0.6) is 0 Å². The van der Waals surface area contributed by atoms with Crippen LogP contribution in [0.1, 0.15) is 50.1 Å². The van der Waals surface area contributed by atoms with Gasteiger partial charge in [-0.25, -0.2) is 9.78 Å². The summed E-state index contributed by atoms with van der Waals surface area (Å²) in [5, 5.41) is 9.10. The van der Waals surface area contributed by atoms with Gasteiger partial charge in [0.15, 0.2) is 0 Å². The third-order valence-corrected chi connectivity index (χ3v) is 5.12. The molecule has 126 valence electrons. The van der Waals surface area contributed by atoms with Crippen molar-refractivity contribution >= 4 is 17.9 Å². The van der Waals surface area contributed by atoms with Crippen molar-refractivity contribution in [2.24, 2.45) is 0 Å². The minimum Gasteiger partial charge on any atom is -0.465 e. The fraction of sp³-hybridized carbons (Fsp3) is 0.688. The Kier molecular flexibility index (Phi) is 4.54. The van der Waals surface area contributed by atoms with Crippen LogP contribution in [-0.2, 0) is 0 Å². The Labute approximate surface area is 136 Å². The number of hydrogen-bond donors (Lipinski definition) is 2. The molecule has 1 aromatic rings. The van der Waals surface area contributed by atoms with Crippen molar-refractivity contribution in [1.82, 2.24) is 14.9 Å². The topological polar surface area (TPSA) is 95.6 Å². The Morgan fingerprint density at radius 1 is 1.30 bits per heavy atom. The van der Waals surface area contributed by atoms with Crippen molar-refractivity contribution in [3.05, 3.63) is 11.8 Å². The van der Waals surface area contributed by atoms with Crippen LogP contribution in [0.15, 0.2) is 6.07 Å². The number of aromatic nitrogens is 2. The van der Waals surface area contributed by atoms with E-state index < -0.39 is 6.09 Å². The van der Waals surface area contributed by atoms with E-state index in [4.69, 9.17) is 10.8 Å². The van der Waals surface area contributed by atoms with Crippen LogP contribution >= 0.6 is 0 Å². The van der Waals surface area contributed by atoms with E-state index in [0.717, 1.165) is 30.8 Å². The Morgan fingerprint density at radius 2 is 2.04 bits per heavy atom. The molecule has 7 nitrogen and oxygen atoms in total. The molecule has 2 fully saturated rings. The van der Waals surface area contributed by atoms with Crippen molar-refractivity contribution in [3.8, 4) is 0 Å². The molecular weight excluding hydrogens is 294 g/mol. The number of amides is 1. The molecule has 1 unspecified atom stereocenters. The molecule has 2 aliphatic rings. The van der Waals surface area contributed by atoms with Gasteiger partial charge in [0.2, 0.25) is 5.95 Å². The fourth-order valence-electron chi connectivity index (χ4n) is 3.68. The first-order valence-electron chi connectivity index (χ1n) is 8.39. The number of carboxylic acid groups (broad SMARTS) is 1. The number of nitrogens with zero attached hydrogens (tertiary/aromatic N) is 4. The van der Waals surface area contributed by atoms with Gasteiger partial charge >= 0.3 is 6.09 Å². The molecule has 1 aromatic heterocycles. The predicted molar refractivity (Wildman–Crippen MR) is 88.7 cm³/mol. The van der Waals surface area contributed by atoms with E-state index in [-0.39, 0.29) is 6.04 Å². The number of anilines is 2. The molecule has 23 heavy (non-hydrogen) atoms. The Balaban J connectivity index is 1.76. The largest absolute Gasteiger partial charge is 0.465 e. The third kappa shape index (κ3) is 3.48. The van der Waals surface area contributed by atoms with Gasteiger partial charge in [-0.3, -0.25) is 0 Å². The van der Waals surface area contributed by atoms with Gasteiger partial charge < -0.3 is 20.6 Å². The third-order valence-electron chi connectivity index (χ3n) is 5.12. The van der Waals surface area contributed by atoms with Crippen LogP contribution in [0.3, 0.4) is 0 Å². The first-order valence-corrected chi connectivity index (χ1v) is 8.39. The molecular formula is C16H25N5O2. The Hall–Kier alpha value is -2.05. The SMILES string of the molecule is CN(c1cc(C2CCCCC2)nc(N)n1)C1CCN(C(=O)O)C1. The van der Waals surface area contributed by atoms with E-state index >= 15 is 0 Å². The summed E-state index contributed by atoms with van der Waals surface area (Å²) < 4.78 is 0. The Morgan fingerprint density at radius 3 is 2.70 bits per heavy atom. The molecule has 2 heterocycles. The fourth-order valence-corrected chi connectivity index (χ4v) is 3.68. The van der Waals surface area contributed by atoms with Gasteiger partial charge in [0.05, 0.1) is 5.69 Å². The summed E-state index contributed by atoms with van der Waals surface area (Å²) in [6.45, 7) is 1.08. The van der Waals surface area contributed by atoms with Crippen LogP contribution in [0.2, 0.25) is 0 Å². The molecule has 0 bridgehead atoms. The van der Waals surface area contributed by atoms with Crippen molar-refractivity contribution in [2.45, 2.75) is 50.5 Å². The zero-order valence-corrected chi connectivity index (χ0v) is 13.6. The second-order valence-corrected chi connectivity index (χ2v) is 6.63. The number of carbonyl (C=O) groups is 1. The first kappa shape index (κ1) is 15.8. The van der Waals surface area contributed by atoms with Gasteiger partial charge in [0, 0.05) is 38.2 Å². The van der Waals surface area contributed by atoms with Crippen LogP contribution < -0.4 is 10.6 Å². The summed E-state index contributed by atoms with van der Waals surface area (Å²) in [6.07, 6.45) is 6.07. The van der Waals surface area contributed by atoms with E-state index in [9.17, 15) is 4.79 Å². The molecule has 1 saturated carbocycles. The highest BCUT2D eigenvalue weighted by atomic mass is 16.4. The minimum absolute atomic E-state index is 0.139. The lowest BCUT2D eigenvalue weighted by molar-refractivity contribution is 0.155. The molecule has 7 heteroatoms. The van der Waals surface area contributed by atoms with Gasteiger partial charge in [0.25, 0.3) is 0 Å². The molecule has 1 saturated heterocycles. The average molecular weight is 319 g/mol. The van der Waals surface area contributed by atoms with Gasteiger partial charge in [-0.2, -0.15) is 4.98 Å². The molecule has 3 rings (SSSR count). The zero-order valence-electron chi connectivity index (χ0n) is 13.6. The summed E-state index contributed by atoms with van der Waals surface area (Å²) in [5.41, 5.74) is 6.96. The van der Waals surface area contributed by atoms with Crippen LogP contribution in [0.4, 0.5) is 16.6 Å². The maximum atomic E-state index is 11.1. The molecule has 1 aliphatic heterocycles. The first-order chi connectivity index (χ1) is 11.0. The van der Waals surface area contributed by atoms with Gasteiger partial charge in [-0.05, 0) is 19.3 Å². The number of likely N-dealkylation sites (tertiary alicyclic amines) is 1. The molecule has 1 atom stereocenters. The smallest absolute Gasteiger partial charge is 0.407 e. The molecule has 0 spiro atoms. The van der Waals surface area contributed by atoms with E-state index in [1.165, 1.54) is 24.2 Å². The maximum absolute atomic E-state index is 11.1. The maximum Gasteiger partial charge on any atom is 0.407 e. The summed E-state index contributed by atoms with van der Waals surface area (Å²) in [4.78, 5) is 23.4. The lowest BCUT2D eigenvalue weighted by Gasteiger charge is -2.27. The summed E-state index contributed by atoms with van der Waals surface area (Å²) >= 11 is 0. The van der Waals surface area contributed by atoms with Crippen molar-refractivity contribution < 1.29 is 9.90 Å². The summed E-state index contributed by atoms with van der Waals surface area (Å²) in [5.74, 6) is 1.58. The molecule has 1 aliphatic carbocycles. The molecule has 0 aromatic carbocycles. The zero-order chi connectivity index (χ0) is 16.4. The standard InChI is InChI=1S/C16H25N5O2/c1-20(12-7-8-21(10-12)16(22)23)14-9-13(18-15(17)19-14)11-5-3-2-4-6-11/h9,11-12H,2-8,10H2,1H3,(H,22,23)(H2,17,18,19). The predicted octanol–water partition coefficient (Wildman–Crippen LogP) is 2.29. The number of nitrogen functional groups attached to an aromatic ring is 1. The van der Waals surface area contributed by atoms with Crippen LogP contribution in [0, 0.1) is 0 Å². The van der Waals surface area contributed by atoms with E-state index in [1.54, 1.807) is 0 Å². The Bertz CT molecular complexity index is 574. The highest BCUT2D eigenvalue weighted by Gasteiger charge is 2.30. The summed E-state index contributed by atoms with van der Waals surface area (Å²) in [6, 6.07) is 2.18. The average Bonchev–Trinajstić information content (AvgIpc) is 3.04. The van der Waals surface area contributed by atoms with E-state index in [1.807, 2.05) is 18.0 Å². The number of hydrogen-bond acceptors (Lipinski definition) is 5. The highest BCUT2D eigenvalue weighted by molar-refractivity contribution is 5.65. The lowest BCUT2D eigenvalue weighted by atomic mass is 9.87. The minimum atomic E-state index is -0.856. The van der Waals surface area contributed by atoms with Gasteiger partial charge in [-0.1, -0.05) is 19.3 Å². The van der Waals surface area contributed by atoms with Gasteiger partial charge in [-0.15, -0.1) is 0 Å². The van der Waals surface area contributed by atoms with Crippen LogP contribution in [0.25, 0.3) is 0 Å². The van der Waals surface area contributed by atoms with E-state index in [2.05, 4.69) is 9.97 Å². The molecule has 0 radical (unpaired) electrons. The lowest BCUT2D eigenvalue weighted by Crippen LogP contribution is -2.36. The monoisotopic (exact) mass is 319 g/mol. The van der Waals surface area contributed by atoms with Crippen molar-refractivity contribution in [3.63, 3.8) is 0 Å². The second kappa shape index (κ2) is 6.60. The molecule has 3 N–H and O–H groups in total. The van der Waals surface area contributed by atoms with Crippen molar-refractivity contribution in [2.75, 3.05) is 30.8 Å². The van der Waals surface area contributed by atoms with Crippen LogP contribution in [-0.4, -0.2) is 52.2 Å². The number of rotatable bonds is 3. The van der Waals surface area contributed by atoms with Crippen molar-refractivity contribution in [1.29, 1.82) is 0 Å².